The number of rotatable bonds is 6. The van der Waals surface area contributed by atoms with Crippen molar-refractivity contribution in [1.29, 1.82) is 0 Å². The van der Waals surface area contributed by atoms with Crippen molar-refractivity contribution in [2.45, 2.75) is 11.8 Å². The van der Waals surface area contributed by atoms with Gasteiger partial charge in [-0.2, -0.15) is 0 Å². The van der Waals surface area contributed by atoms with Gasteiger partial charge in [0, 0.05) is 6.21 Å². The van der Waals surface area contributed by atoms with Gasteiger partial charge in [0.25, 0.3) is 5.56 Å². The first kappa shape index (κ1) is 21.2. The lowest BCUT2D eigenvalue weighted by Crippen LogP contribution is -2.31. The van der Waals surface area contributed by atoms with Crippen LogP contribution in [0.4, 0.5) is 5.69 Å². The van der Waals surface area contributed by atoms with Gasteiger partial charge in [0.15, 0.2) is 9.84 Å². The van der Waals surface area contributed by atoms with Crippen molar-refractivity contribution in [3.63, 3.8) is 0 Å². The SMILES string of the molecule is Cc1ccc(-n2c(O)c(C=Nc3ccc(S(=O)(=O)CCO)cc3)c(=O)[nH]c2=O)cc1. The van der Waals surface area contributed by atoms with E-state index in [-0.39, 0.29) is 16.2 Å². The number of benzene rings is 2. The average Bonchev–Trinajstić information content (AvgIpc) is 2.69. The van der Waals surface area contributed by atoms with E-state index in [0.29, 0.717) is 11.4 Å². The number of aryl methyl sites for hydroxylation is 1. The third-order valence-electron chi connectivity index (χ3n) is 4.31. The number of hydrogen-bond acceptors (Lipinski definition) is 7. The highest BCUT2D eigenvalue weighted by molar-refractivity contribution is 7.91. The lowest BCUT2D eigenvalue weighted by molar-refractivity contribution is 0.319. The first-order valence-electron chi connectivity index (χ1n) is 8.86. The lowest BCUT2D eigenvalue weighted by Gasteiger charge is -2.09. The van der Waals surface area contributed by atoms with Gasteiger partial charge in [-0.05, 0) is 43.3 Å². The Morgan fingerprint density at radius 1 is 1.07 bits per heavy atom. The molecular weight excluding hydrogens is 410 g/mol. The molecular formula is C20H19N3O6S. The van der Waals surface area contributed by atoms with Crippen LogP contribution in [0.25, 0.3) is 5.69 Å². The molecule has 0 unspecified atom stereocenters. The van der Waals surface area contributed by atoms with Gasteiger partial charge in [-0.25, -0.2) is 17.8 Å². The normalized spacial score (nSPS) is 11.8. The van der Waals surface area contributed by atoms with E-state index in [9.17, 15) is 23.1 Å². The maximum atomic E-state index is 12.2. The minimum atomic E-state index is -3.59. The number of aliphatic imine (C=N–C) groups is 1. The van der Waals surface area contributed by atoms with Crippen LogP contribution in [0.5, 0.6) is 5.88 Å². The van der Waals surface area contributed by atoms with Crippen LogP contribution in [0.3, 0.4) is 0 Å². The van der Waals surface area contributed by atoms with Gasteiger partial charge >= 0.3 is 5.69 Å². The van der Waals surface area contributed by atoms with Gasteiger partial charge in [-0.15, -0.1) is 0 Å². The molecule has 0 saturated heterocycles. The zero-order chi connectivity index (χ0) is 21.9. The highest BCUT2D eigenvalue weighted by Gasteiger charge is 2.15. The third kappa shape index (κ3) is 4.39. The standard InChI is InChI=1S/C20H19N3O6S/c1-13-2-6-15(7-3-13)23-19(26)17(18(25)22-20(23)27)12-21-14-4-8-16(9-5-14)30(28,29)11-10-24/h2-9,12,24,26H,10-11H2,1H3,(H,22,25,27). The molecule has 0 fully saturated rings. The summed E-state index contributed by atoms with van der Waals surface area (Å²) >= 11 is 0. The van der Waals surface area contributed by atoms with E-state index < -0.39 is 33.6 Å². The summed E-state index contributed by atoms with van der Waals surface area (Å²) in [7, 11) is -3.59. The summed E-state index contributed by atoms with van der Waals surface area (Å²) in [6, 6.07) is 12.3. The predicted octanol–water partition coefficient (Wildman–Crippen LogP) is 1.06. The van der Waals surface area contributed by atoms with Crippen molar-refractivity contribution in [1.82, 2.24) is 9.55 Å². The van der Waals surface area contributed by atoms with Crippen LogP contribution in [-0.2, 0) is 9.84 Å². The van der Waals surface area contributed by atoms with E-state index in [1.54, 1.807) is 24.3 Å². The number of hydrogen-bond donors (Lipinski definition) is 3. The largest absolute Gasteiger partial charge is 0.493 e. The molecule has 0 spiro atoms. The number of aliphatic hydroxyl groups excluding tert-OH is 1. The van der Waals surface area contributed by atoms with Gasteiger partial charge in [0.1, 0.15) is 5.56 Å². The molecule has 1 heterocycles. The Morgan fingerprint density at radius 3 is 2.30 bits per heavy atom. The molecule has 0 saturated carbocycles. The summed E-state index contributed by atoms with van der Waals surface area (Å²) in [6.07, 6.45) is 1.09. The van der Waals surface area contributed by atoms with Crippen LogP contribution < -0.4 is 11.2 Å². The van der Waals surface area contributed by atoms with E-state index in [2.05, 4.69) is 9.98 Å². The highest BCUT2D eigenvalue weighted by atomic mass is 32.2. The number of aliphatic hydroxyl groups is 1. The van der Waals surface area contributed by atoms with Crippen molar-refractivity contribution >= 4 is 21.7 Å². The molecule has 10 heteroatoms. The molecule has 0 amide bonds. The number of nitrogens with one attached hydrogen (secondary N) is 1. The molecule has 9 nitrogen and oxygen atoms in total. The third-order valence-corrected chi connectivity index (χ3v) is 6.02. The summed E-state index contributed by atoms with van der Waals surface area (Å²) in [5.41, 5.74) is -0.185. The molecule has 30 heavy (non-hydrogen) atoms. The topological polar surface area (TPSA) is 142 Å². The molecule has 3 rings (SSSR count). The number of aromatic nitrogens is 2. The summed E-state index contributed by atoms with van der Waals surface area (Å²) in [5, 5.41) is 19.3. The fourth-order valence-corrected chi connectivity index (χ4v) is 3.73. The zero-order valence-electron chi connectivity index (χ0n) is 15.9. The summed E-state index contributed by atoms with van der Waals surface area (Å²) < 4.78 is 24.8. The van der Waals surface area contributed by atoms with Gasteiger partial charge in [0.05, 0.1) is 28.6 Å². The molecule has 0 aliphatic carbocycles. The van der Waals surface area contributed by atoms with Crippen LogP contribution in [-0.4, -0.2) is 46.8 Å². The Bertz CT molecular complexity index is 1300. The molecule has 0 aliphatic heterocycles. The molecule has 3 N–H and O–H groups in total. The minimum absolute atomic E-state index is 0.0316. The quantitative estimate of drug-likeness (QED) is 0.500. The maximum absolute atomic E-state index is 12.2. The van der Waals surface area contributed by atoms with E-state index >= 15 is 0 Å². The smallest absolute Gasteiger partial charge is 0.335 e. The van der Waals surface area contributed by atoms with Crippen LogP contribution in [0, 0.1) is 6.92 Å². The van der Waals surface area contributed by atoms with Crippen molar-refractivity contribution in [2.24, 2.45) is 4.99 Å². The van der Waals surface area contributed by atoms with Crippen LogP contribution in [0.2, 0.25) is 0 Å². The number of aromatic amines is 1. The van der Waals surface area contributed by atoms with Crippen LogP contribution in [0.1, 0.15) is 11.1 Å². The Labute approximate surface area is 171 Å². The van der Waals surface area contributed by atoms with Gasteiger partial charge in [0.2, 0.25) is 5.88 Å². The molecule has 0 aliphatic rings. The fraction of sp³-hybridized carbons (Fsp3) is 0.150. The number of sulfone groups is 1. The number of aromatic hydroxyl groups is 1. The maximum Gasteiger partial charge on any atom is 0.335 e. The predicted molar refractivity (Wildman–Crippen MR) is 112 cm³/mol. The summed E-state index contributed by atoms with van der Waals surface area (Å²) in [4.78, 5) is 30.6. The molecule has 0 radical (unpaired) electrons. The van der Waals surface area contributed by atoms with E-state index in [4.69, 9.17) is 5.11 Å². The number of nitrogens with zero attached hydrogens (tertiary/aromatic N) is 2. The zero-order valence-corrected chi connectivity index (χ0v) is 16.8. The van der Waals surface area contributed by atoms with Crippen molar-refractivity contribution < 1.29 is 18.6 Å². The van der Waals surface area contributed by atoms with Crippen molar-refractivity contribution in [3.05, 3.63) is 80.5 Å². The molecule has 1 aromatic heterocycles. The van der Waals surface area contributed by atoms with Crippen LogP contribution in [0.15, 0.2) is 68.0 Å². The molecule has 156 valence electrons. The first-order valence-corrected chi connectivity index (χ1v) is 10.5. The van der Waals surface area contributed by atoms with E-state index in [0.717, 1.165) is 16.3 Å². The Morgan fingerprint density at radius 2 is 1.70 bits per heavy atom. The minimum Gasteiger partial charge on any atom is -0.493 e. The Balaban J connectivity index is 1.98. The summed E-state index contributed by atoms with van der Waals surface area (Å²) in [5.74, 6) is -0.960. The van der Waals surface area contributed by atoms with Gasteiger partial charge < -0.3 is 10.2 Å². The second-order valence-electron chi connectivity index (χ2n) is 6.46. The Kier molecular flexibility index (Phi) is 5.99. The number of H-pyrrole nitrogens is 1. The first-order chi connectivity index (χ1) is 14.2. The summed E-state index contributed by atoms with van der Waals surface area (Å²) in [6.45, 7) is 1.39. The van der Waals surface area contributed by atoms with Crippen LogP contribution >= 0.6 is 0 Å². The van der Waals surface area contributed by atoms with Crippen molar-refractivity contribution in [3.8, 4) is 11.6 Å². The molecule has 2 aromatic carbocycles. The molecule has 3 aromatic rings. The fourth-order valence-electron chi connectivity index (χ4n) is 2.70. The second kappa shape index (κ2) is 8.47. The monoisotopic (exact) mass is 429 g/mol. The molecule has 0 atom stereocenters. The average molecular weight is 429 g/mol. The van der Waals surface area contributed by atoms with Gasteiger partial charge in [-0.1, -0.05) is 17.7 Å². The van der Waals surface area contributed by atoms with E-state index in [1.807, 2.05) is 6.92 Å². The van der Waals surface area contributed by atoms with Gasteiger partial charge in [-0.3, -0.25) is 14.8 Å². The highest BCUT2D eigenvalue weighted by Crippen LogP contribution is 2.19. The molecule has 0 bridgehead atoms. The van der Waals surface area contributed by atoms with Crippen molar-refractivity contribution in [2.75, 3.05) is 12.4 Å². The Hall–Kier alpha value is -3.50. The lowest BCUT2D eigenvalue weighted by atomic mass is 10.2. The van der Waals surface area contributed by atoms with E-state index in [1.165, 1.54) is 24.3 Å². The second-order valence-corrected chi connectivity index (χ2v) is 8.57.